The lowest BCUT2D eigenvalue weighted by Crippen LogP contribution is -2.37. The van der Waals surface area contributed by atoms with Crippen LogP contribution in [0, 0.1) is 5.82 Å². The molecule has 2 heterocycles. The lowest BCUT2D eigenvalue weighted by molar-refractivity contribution is 0.0581. The summed E-state index contributed by atoms with van der Waals surface area (Å²) in [5, 5.41) is 2.54. The molecule has 1 fully saturated rings. The van der Waals surface area contributed by atoms with E-state index in [1.165, 1.54) is 13.2 Å². The van der Waals surface area contributed by atoms with E-state index in [0.29, 0.717) is 0 Å². The molecule has 2 aliphatic heterocycles. The molecule has 0 aromatic heterocycles. The quantitative estimate of drug-likeness (QED) is 0.773. The summed E-state index contributed by atoms with van der Waals surface area (Å²) in [6, 6.07) is 1.97. The number of methoxy groups -OCH3 is 1. The fourth-order valence-corrected chi connectivity index (χ4v) is 2.31. The van der Waals surface area contributed by atoms with Gasteiger partial charge < -0.3 is 19.5 Å². The largest absolute Gasteiger partial charge is 0.488 e. The lowest BCUT2D eigenvalue weighted by Gasteiger charge is -2.27. The molecule has 100 valence electrons. The zero-order chi connectivity index (χ0) is 13.6. The number of hydrogen-bond donors (Lipinski definition) is 1. The molecule has 19 heavy (non-hydrogen) atoms. The summed E-state index contributed by atoms with van der Waals surface area (Å²) in [5.41, 5.74) is 0.339. The van der Waals surface area contributed by atoms with Gasteiger partial charge in [0.25, 0.3) is 0 Å². The number of carbonyl (C=O) groups is 2. The molecule has 0 bridgehead atoms. The molecule has 1 N–H and O–H groups in total. The molecular formula is C12H10FNO5. The fourth-order valence-electron chi connectivity index (χ4n) is 2.31. The normalized spacial score (nSPS) is 23.6. The van der Waals surface area contributed by atoms with Crippen LogP contribution in [0.4, 0.5) is 9.18 Å². The molecular weight excluding hydrogens is 257 g/mol. The third-order valence-corrected chi connectivity index (χ3v) is 3.15. The van der Waals surface area contributed by atoms with Gasteiger partial charge in [-0.15, -0.1) is 0 Å². The number of carbonyl (C=O) groups excluding carboxylic acids is 2. The topological polar surface area (TPSA) is 73.9 Å². The van der Waals surface area contributed by atoms with E-state index < -0.39 is 30.0 Å². The van der Waals surface area contributed by atoms with Crippen molar-refractivity contribution >= 4 is 12.1 Å². The number of nitrogens with one attached hydrogen (secondary N) is 1. The number of esters is 1. The number of ether oxygens (including phenoxy) is 3. The molecule has 0 radical (unpaired) electrons. The zero-order valence-corrected chi connectivity index (χ0v) is 9.94. The molecule has 1 aromatic rings. The Morgan fingerprint density at radius 1 is 1.53 bits per heavy atom. The molecule has 2 unspecified atom stereocenters. The average Bonchev–Trinajstić information content (AvgIpc) is 2.78. The Morgan fingerprint density at radius 3 is 3.05 bits per heavy atom. The third-order valence-electron chi connectivity index (χ3n) is 3.15. The second kappa shape index (κ2) is 4.11. The van der Waals surface area contributed by atoms with Gasteiger partial charge in [0.1, 0.15) is 12.6 Å². The van der Waals surface area contributed by atoms with Gasteiger partial charge in [-0.1, -0.05) is 0 Å². The summed E-state index contributed by atoms with van der Waals surface area (Å²) in [7, 11) is 1.22. The molecule has 3 rings (SSSR count). The van der Waals surface area contributed by atoms with Gasteiger partial charge in [-0.25, -0.2) is 14.0 Å². The van der Waals surface area contributed by atoms with E-state index in [9.17, 15) is 14.0 Å². The Morgan fingerprint density at radius 2 is 2.32 bits per heavy atom. The Labute approximate surface area is 107 Å². The van der Waals surface area contributed by atoms with Crippen LogP contribution in [-0.4, -0.2) is 31.8 Å². The van der Waals surface area contributed by atoms with Gasteiger partial charge in [0.2, 0.25) is 0 Å². The highest BCUT2D eigenvalue weighted by molar-refractivity contribution is 5.92. The number of halogens is 1. The lowest BCUT2D eigenvalue weighted by atomic mass is 9.94. The molecule has 0 saturated carbocycles. The Hall–Kier alpha value is -2.31. The van der Waals surface area contributed by atoms with Crippen molar-refractivity contribution < 1.29 is 28.2 Å². The highest BCUT2D eigenvalue weighted by Crippen LogP contribution is 2.41. The van der Waals surface area contributed by atoms with Crippen LogP contribution in [0.5, 0.6) is 5.75 Å². The predicted molar refractivity (Wildman–Crippen MR) is 59.4 cm³/mol. The SMILES string of the molecule is COC(=O)c1ccc(F)c2c1C1OC(=O)NC1CO2. The van der Waals surface area contributed by atoms with Crippen LogP contribution in [0.15, 0.2) is 12.1 Å². The summed E-state index contributed by atoms with van der Waals surface area (Å²) >= 11 is 0. The van der Waals surface area contributed by atoms with E-state index in [4.69, 9.17) is 9.47 Å². The monoisotopic (exact) mass is 267 g/mol. The van der Waals surface area contributed by atoms with Crippen molar-refractivity contribution in [3.63, 3.8) is 0 Å². The number of rotatable bonds is 1. The van der Waals surface area contributed by atoms with Gasteiger partial charge in [-0.2, -0.15) is 0 Å². The van der Waals surface area contributed by atoms with Crippen LogP contribution in [0.1, 0.15) is 22.0 Å². The fraction of sp³-hybridized carbons (Fsp3) is 0.333. The van der Waals surface area contributed by atoms with Crippen LogP contribution in [0.25, 0.3) is 0 Å². The Balaban J connectivity index is 2.16. The first-order valence-electron chi connectivity index (χ1n) is 5.62. The van der Waals surface area contributed by atoms with E-state index in [1.54, 1.807) is 0 Å². The first-order chi connectivity index (χ1) is 9.11. The van der Waals surface area contributed by atoms with Gasteiger partial charge in [-0.05, 0) is 12.1 Å². The third kappa shape index (κ3) is 1.69. The van der Waals surface area contributed by atoms with Gasteiger partial charge in [0.05, 0.1) is 18.2 Å². The molecule has 2 atom stereocenters. The second-order valence-electron chi connectivity index (χ2n) is 4.22. The van der Waals surface area contributed by atoms with Crippen molar-refractivity contribution in [2.24, 2.45) is 0 Å². The molecule has 1 saturated heterocycles. The van der Waals surface area contributed by atoms with Crippen LogP contribution < -0.4 is 10.1 Å². The van der Waals surface area contributed by atoms with Gasteiger partial charge in [0.15, 0.2) is 17.7 Å². The minimum atomic E-state index is -0.749. The second-order valence-corrected chi connectivity index (χ2v) is 4.22. The Kier molecular flexibility index (Phi) is 2.55. The summed E-state index contributed by atoms with van der Waals surface area (Å²) in [6.45, 7) is 0.0882. The molecule has 7 heteroatoms. The van der Waals surface area contributed by atoms with Crippen molar-refractivity contribution in [2.75, 3.05) is 13.7 Å². The average molecular weight is 267 g/mol. The van der Waals surface area contributed by atoms with Crippen molar-refractivity contribution in [1.29, 1.82) is 0 Å². The van der Waals surface area contributed by atoms with Crippen molar-refractivity contribution in [1.82, 2.24) is 5.32 Å². The minimum Gasteiger partial charge on any atom is -0.488 e. The minimum absolute atomic E-state index is 0.0688. The van der Waals surface area contributed by atoms with E-state index in [2.05, 4.69) is 10.1 Å². The smallest absolute Gasteiger partial charge is 0.408 e. The van der Waals surface area contributed by atoms with Crippen molar-refractivity contribution in [3.05, 3.63) is 29.1 Å². The molecule has 0 aliphatic carbocycles. The predicted octanol–water partition coefficient (Wildman–Crippen LogP) is 1.15. The van der Waals surface area contributed by atoms with E-state index >= 15 is 0 Å². The molecule has 0 spiro atoms. The maximum Gasteiger partial charge on any atom is 0.408 e. The van der Waals surface area contributed by atoms with Crippen LogP contribution >= 0.6 is 0 Å². The number of amides is 1. The number of alkyl carbamates (subject to hydrolysis) is 1. The van der Waals surface area contributed by atoms with Crippen molar-refractivity contribution in [3.8, 4) is 5.75 Å². The van der Waals surface area contributed by atoms with Gasteiger partial charge in [0, 0.05) is 0 Å². The maximum atomic E-state index is 13.7. The van der Waals surface area contributed by atoms with Crippen LogP contribution in [-0.2, 0) is 9.47 Å². The first-order valence-corrected chi connectivity index (χ1v) is 5.62. The van der Waals surface area contributed by atoms with Gasteiger partial charge in [-0.3, -0.25) is 0 Å². The van der Waals surface area contributed by atoms with Crippen molar-refractivity contribution in [2.45, 2.75) is 12.1 Å². The molecule has 2 aliphatic rings. The van der Waals surface area contributed by atoms with Crippen LogP contribution in [0.3, 0.4) is 0 Å². The Bertz CT molecular complexity index is 573. The first kappa shape index (κ1) is 11.8. The summed E-state index contributed by atoms with van der Waals surface area (Å²) in [4.78, 5) is 23.0. The number of hydrogen-bond acceptors (Lipinski definition) is 5. The standard InChI is InChI=1S/C12H10FNO5/c1-17-11(15)5-2-3-6(13)9-8(5)10-7(4-18-9)14-12(16)19-10/h2-3,7,10H,4H2,1H3,(H,14,16). The maximum absolute atomic E-state index is 13.7. The van der Waals surface area contributed by atoms with E-state index in [1.807, 2.05) is 0 Å². The van der Waals surface area contributed by atoms with Crippen LogP contribution in [0.2, 0.25) is 0 Å². The molecule has 1 amide bonds. The van der Waals surface area contributed by atoms with E-state index in [-0.39, 0.29) is 23.5 Å². The molecule has 1 aromatic carbocycles. The number of benzene rings is 1. The van der Waals surface area contributed by atoms with E-state index in [0.717, 1.165) is 6.07 Å². The molecule has 6 nitrogen and oxygen atoms in total. The summed E-state index contributed by atoms with van der Waals surface area (Å²) in [6.07, 6.45) is -1.37. The summed E-state index contributed by atoms with van der Waals surface area (Å²) in [5.74, 6) is -1.31. The number of fused-ring (bicyclic) bond motifs is 3. The summed E-state index contributed by atoms with van der Waals surface area (Å²) < 4.78 is 28.7. The van der Waals surface area contributed by atoms with Gasteiger partial charge >= 0.3 is 12.1 Å². The highest BCUT2D eigenvalue weighted by atomic mass is 19.1. The highest BCUT2D eigenvalue weighted by Gasteiger charge is 2.44. The zero-order valence-electron chi connectivity index (χ0n) is 9.94.